The smallest absolute Gasteiger partial charge is 0.379 e. The fourth-order valence-electron chi connectivity index (χ4n) is 3.93. The highest BCUT2D eigenvalue weighted by Crippen LogP contribution is 2.30. The van der Waals surface area contributed by atoms with Gasteiger partial charge in [-0.05, 0) is 30.4 Å². The molecule has 2 fully saturated rings. The standard InChI is InChI=1S/C20H31F3N4O/c1-19(2,15-26-8-10-28-11-9-26)14-25-17-4-3-7-27(13-17)18-6-5-16(12-24-18)20(21,22)23/h5-6,12,17,25H,3-4,7-11,13-15H2,1-2H3/t17-/m1/s1. The van der Waals surface area contributed by atoms with Crippen molar-refractivity contribution < 1.29 is 17.9 Å². The molecule has 1 N–H and O–H groups in total. The van der Waals surface area contributed by atoms with Gasteiger partial charge in [-0.2, -0.15) is 13.2 Å². The van der Waals surface area contributed by atoms with E-state index in [4.69, 9.17) is 4.74 Å². The summed E-state index contributed by atoms with van der Waals surface area (Å²) >= 11 is 0. The lowest BCUT2D eigenvalue weighted by molar-refractivity contribution is -0.137. The summed E-state index contributed by atoms with van der Waals surface area (Å²) < 4.78 is 43.6. The molecule has 0 bridgehead atoms. The zero-order chi connectivity index (χ0) is 20.2. The second kappa shape index (κ2) is 8.97. The quantitative estimate of drug-likeness (QED) is 0.795. The van der Waals surface area contributed by atoms with Crippen LogP contribution in [-0.4, -0.2) is 68.4 Å². The Kier molecular flexibility index (Phi) is 6.83. The van der Waals surface area contributed by atoms with Crippen LogP contribution in [0.3, 0.4) is 0 Å². The van der Waals surface area contributed by atoms with Crippen LogP contribution in [0.2, 0.25) is 0 Å². The van der Waals surface area contributed by atoms with Gasteiger partial charge in [-0.1, -0.05) is 13.8 Å². The normalized spacial score (nSPS) is 22.5. The van der Waals surface area contributed by atoms with Crippen LogP contribution in [0.15, 0.2) is 18.3 Å². The fraction of sp³-hybridized carbons (Fsp3) is 0.750. The Labute approximate surface area is 165 Å². The molecule has 0 spiro atoms. The number of hydrogen-bond acceptors (Lipinski definition) is 5. The molecule has 1 aromatic heterocycles. The van der Waals surface area contributed by atoms with E-state index >= 15 is 0 Å². The largest absolute Gasteiger partial charge is 0.417 e. The van der Waals surface area contributed by atoms with Gasteiger partial charge in [0.2, 0.25) is 0 Å². The minimum Gasteiger partial charge on any atom is -0.379 e. The van der Waals surface area contributed by atoms with Crippen molar-refractivity contribution in [1.82, 2.24) is 15.2 Å². The van der Waals surface area contributed by atoms with Gasteiger partial charge in [0.05, 0.1) is 18.8 Å². The molecule has 3 heterocycles. The molecule has 2 aliphatic rings. The molecule has 3 rings (SSSR count). The van der Waals surface area contributed by atoms with E-state index in [1.54, 1.807) is 0 Å². The van der Waals surface area contributed by atoms with Crippen molar-refractivity contribution >= 4 is 5.82 Å². The number of nitrogens with one attached hydrogen (secondary N) is 1. The van der Waals surface area contributed by atoms with Crippen LogP contribution in [-0.2, 0) is 10.9 Å². The third kappa shape index (κ3) is 6.06. The van der Waals surface area contributed by atoms with Crippen LogP contribution in [0.5, 0.6) is 0 Å². The predicted octanol–water partition coefficient (Wildman–Crippen LogP) is 3.02. The van der Waals surface area contributed by atoms with Gasteiger partial charge >= 0.3 is 6.18 Å². The second-order valence-electron chi connectivity index (χ2n) is 8.62. The number of pyridine rings is 1. The fourth-order valence-corrected chi connectivity index (χ4v) is 3.93. The van der Waals surface area contributed by atoms with Crippen molar-refractivity contribution in [2.75, 3.05) is 57.4 Å². The lowest BCUT2D eigenvalue weighted by Crippen LogP contribution is -2.51. The van der Waals surface area contributed by atoms with Crippen molar-refractivity contribution in [3.05, 3.63) is 23.9 Å². The predicted molar refractivity (Wildman–Crippen MR) is 104 cm³/mol. The van der Waals surface area contributed by atoms with E-state index in [0.29, 0.717) is 11.9 Å². The van der Waals surface area contributed by atoms with Crippen LogP contribution >= 0.6 is 0 Å². The van der Waals surface area contributed by atoms with E-state index in [1.807, 2.05) is 0 Å². The molecular weight excluding hydrogens is 369 g/mol. The number of piperidine rings is 1. The average Bonchev–Trinajstić information content (AvgIpc) is 2.67. The van der Waals surface area contributed by atoms with Gasteiger partial charge in [-0.25, -0.2) is 4.98 Å². The van der Waals surface area contributed by atoms with Crippen molar-refractivity contribution in [1.29, 1.82) is 0 Å². The maximum absolute atomic E-state index is 12.7. The number of rotatable bonds is 6. The lowest BCUT2D eigenvalue weighted by atomic mass is 9.91. The first kappa shape index (κ1) is 21.3. The van der Waals surface area contributed by atoms with Crippen molar-refractivity contribution in [3.8, 4) is 0 Å². The summed E-state index contributed by atoms with van der Waals surface area (Å²) in [7, 11) is 0. The maximum Gasteiger partial charge on any atom is 0.417 e. The highest BCUT2D eigenvalue weighted by atomic mass is 19.4. The molecule has 0 unspecified atom stereocenters. The Morgan fingerprint density at radius 1 is 1.18 bits per heavy atom. The number of nitrogens with zero attached hydrogens (tertiary/aromatic N) is 3. The molecule has 0 aliphatic carbocycles. The number of alkyl halides is 3. The average molecular weight is 400 g/mol. The summed E-state index contributed by atoms with van der Waals surface area (Å²) in [6.45, 7) is 11.7. The minimum atomic E-state index is -4.34. The van der Waals surface area contributed by atoms with Crippen molar-refractivity contribution in [2.45, 2.75) is 38.9 Å². The van der Waals surface area contributed by atoms with Crippen LogP contribution in [0, 0.1) is 5.41 Å². The van der Waals surface area contributed by atoms with Gasteiger partial charge < -0.3 is 15.0 Å². The molecule has 2 saturated heterocycles. The second-order valence-corrected chi connectivity index (χ2v) is 8.62. The minimum absolute atomic E-state index is 0.145. The molecule has 0 radical (unpaired) electrons. The molecule has 158 valence electrons. The molecule has 0 aromatic carbocycles. The molecule has 0 amide bonds. The molecule has 1 atom stereocenters. The van der Waals surface area contributed by atoms with Crippen LogP contribution in [0.25, 0.3) is 0 Å². The van der Waals surface area contributed by atoms with Gasteiger partial charge in [0.15, 0.2) is 0 Å². The van der Waals surface area contributed by atoms with E-state index in [0.717, 1.165) is 77.6 Å². The Bertz CT molecular complexity index is 615. The van der Waals surface area contributed by atoms with Crippen LogP contribution in [0.4, 0.5) is 19.0 Å². The number of hydrogen-bond donors (Lipinski definition) is 1. The number of aromatic nitrogens is 1. The van der Waals surface area contributed by atoms with Gasteiger partial charge in [0.25, 0.3) is 0 Å². The first-order valence-electron chi connectivity index (χ1n) is 10.0. The summed E-state index contributed by atoms with van der Waals surface area (Å²) in [5.74, 6) is 0.618. The van der Waals surface area contributed by atoms with Gasteiger partial charge in [0, 0.05) is 51.5 Å². The molecule has 8 heteroatoms. The summed E-state index contributed by atoms with van der Waals surface area (Å²) in [5, 5.41) is 3.68. The molecular formula is C20H31F3N4O. The first-order chi connectivity index (χ1) is 13.2. The Morgan fingerprint density at radius 2 is 1.93 bits per heavy atom. The molecule has 28 heavy (non-hydrogen) atoms. The zero-order valence-electron chi connectivity index (χ0n) is 16.8. The SMILES string of the molecule is CC(C)(CN[C@@H]1CCCN(c2ccc(C(F)(F)F)cn2)C1)CN1CCOCC1. The molecule has 5 nitrogen and oxygen atoms in total. The molecule has 0 saturated carbocycles. The summed E-state index contributed by atoms with van der Waals surface area (Å²) in [4.78, 5) is 8.58. The van der Waals surface area contributed by atoms with Crippen LogP contribution in [0.1, 0.15) is 32.3 Å². The number of morpholine rings is 1. The number of anilines is 1. The Morgan fingerprint density at radius 3 is 2.57 bits per heavy atom. The lowest BCUT2D eigenvalue weighted by Gasteiger charge is -2.38. The Hall–Kier alpha value is -1.38. The maximum atomic E-state index is 12.7. The monoisotopic (exact) mass is 400 g/mol. The van der Waals surface area contributed by atoms with E-state index in [9.17, 15) is 13.2 Å². The van der Waals surface area contributed by atoms with E-state index in [1.165, 1.54) is 6.07 Å². The first-order valence-corrected chi connectivity index (χ1v) is 10.0. The zero-order valence-corrected chi connectivity index (χ0v) is 16.8. The van der Waals surface area contributed by atoms with E-state index in [2.05, 4.69) is 33.9 Å². The highest BCUT2D eigenvalue weighted by molar-refractivity contribution is 5.40. The highest BCUT2D eigenvalue weighted by Gasteiger charge is 2.31. The van der Waals surface area contributed by atoms with Crippen LogP contribution < -0.4 is 10.2 Å². The van der Waals surface area contributed by atoms with Gasteiger partial charge in [-0.15, -0.1) is 0 Å². The van der Waals surface area contributed by atoms with E-state index < -0.39 is 11.7 Å². The summed E-state index contributed by atoms with van der Waals surface area (Å²) in [6, 6.07) is 2.92. The van der Waals surface area contributed by atoms with Crippen molar-refractivity contribution in [2.24, 2.45) is 5.41 Å². The summed E-state index contributed by atoms with van der Waals surface area (Å²) in [5.41, 5.74) is -0.556. The van der Waals surface area contributed by atoms with Gasteiger partial charge in [0.1, 0.15) is 5.82 Å². The molecule has 1 aromatic rings. The topological polar surface area (TPSA) is 40.6 Å². The third-order valence-corrected chi connectivity index (χ3v) is 5.45. The number of halogens is 3. The Balaban J connectivity index is 1.50. The summed E-state index contributed by atoms with van der Waals surface area (Å²) in [6.07, 6.45) is -1.34. The third-order valence-electron chi connectivity index (χ3n) is 5.45. The van der Waals surface area contributed by atoms with E-state index in [-0.39, 0.29) is 5.41 Å². The van der Waals surface area contributed by atoms with Crippen molar-refractivity contribution in [3.63, 3.8) is 0 Å². The molecule has 2 aliphatic heterocycles. The number of ether oxygens (including phenoxy) is 1. The van der Waals surface area contributed by atoms with Gasteiger partial charge in [-0.3, -0.25) is 4.90 Å².